The molecule has 0 radical (unpaired) electrons. The Kier molecular flexibility index (Phi) is 5.04. The number of nitrogens with one attached hydrogen (secondary N) is 1. The number of nitrogens with zero attached hydrogens (tertiary/aromatic N) is 4. The average molecular weight is 279 g/mol. The van der Waals surface area contributed by atoms with Gasteiger partial charge in [0, 0.05) is 4.88 Å². The van der Waals surface area contributed by atoms with Gasteiger partial charge in [-0.3, -0.25) is 0 Å². The van der Waals surface area contributed by atoms with E-state index in [1.807, 2.05) is 4.68 Å². The monoisotopic (exact) mass is 279 g/mol. The van der Waals surface area contributed by atoms with Gasteiger partial charge in [0.25, 0.3) is 0 Å². The highest BCUT2D eigenvalue weighted by atomic mass is 32.1. The molecule has 0 fully saturated rings. The van der Waals surface area contributed by atoms with Crippen LogP contribution in [0.3, 0.4) is 0 Å². The van der Waals surface area contributed by atoms with Crippen molar-refractivity contribution in [1.82, 2.24) is 25.5 Å². The van der Waals surface area contributed by atoms with Crippen molar-refractivity contribution < 1.29 is 0 Å². The third kappa shape index (κ3) is 3.61. The lowest BCUT2D eigenvalue weighted by atomic mass is 10.2. The van der Waals surface area contributed by atoms with E-state index in [1.165, 1.54) is 4.88 Å². The predicted octanol–water partition coefficient (Wildman–Crippen LogP) is 2.48. The molecule has 2 heterocycles. The van der Waals surface area contributed by atoms with Crippen LogP contribution in [-0.4, -0.2) is 26.8 Å². The highest BCUT2D eigenvalue weighted by Crippen LogP contribution is 2.25. The molecule has 0 bridgehead atoms. The molecular formula is C13H21N5S. The van der Waals surface area contributed by atoms with E-state index in [1.54, 1.807) is 11.3 Å². The first kappa shape index (κ1) is 14.1. The summed E-state index contributed by atoms with van der Waals surface area (Å²) in [7, 11) is 0. The van der Waals surface area contributed by atoms with Crippen LogP contribution in [0.4, 0.5) is 0 Å². The van der Waals surface area contributed by atoms with Crippen molar-refractivity contribution in [2.45, 2.75) is 39.8 Å². The molecule has 5 nitrogen and oxygen atoms in total. The number of hydrogen-bond donors (Lipinski definition) is 1. The lowest BCUT2D eigenvalue weighted by Crippen LogP contribution is -2.23. The molecule has 0 aromatic carbocycles. The molecule has 1 atom stereocenters. The standard InChI is InChI=1S/C13H21N5S/c1-4-11(12-6-5-7-19-12)18-13(15-16-17-18)9-14-8-10(2)3/h5-7,10-11,14H,4,8-9H2,1-3H3. The van der Waals surface area contributed by atoms with Crippen molar-refractivity contribution in [3.63, 3.8) is 0 Å². The summed E-state index contributed by atoms with van der Waals surface area (Å²) in [6.07, 6.45) is 0.989. The molecule has 19 heavy (non-hydrogen) atoms. The van der Waals surface area contributed by atoms with Crippen LogP contribution in [0.5, 0.6) is 0 Å². The lowest BCUT2D eigenvalue weighted by Gasteiger charge is -2.15. The second-order valence-electron chi connectivity index (χ2n) is 5.00. The van der Waals surface area contributed by atoms with E-state index in [0.717, 1.165) is 18.8 Å². The van der Waals surface area contributed by atoms with Gasteiger partial charge in [-0.25, -0.2) is 4.68 Å². The van der Waals surface area contributed by atoms with Crippen LogP contribution in [0.2, 0.25) is 0 Å². The highest BCUT2D eigenvalue weighted by Gasteiger charge is 2.18. The summed E-state index contributed by atoms with van der Waals surface area (Å²) in [5.74, 6) is 1.53. The normalized spacial score (nSPS) is 13.1. The Balaban J connectivity index is 2.09. The Bertz CT molecular complexity index is 477. The quantitative estimate of drug-likeness (QED) is 0.846. The van der Waals surface area contributed by atoms with Crippen molar-refractivity contribution in [3.8, 4) is 0 Å². The molecule has 1 N–H and O–H groups in total. The molecule has 6 heteroatoms. The maximum absolute atomic E-state index is 4.16. The van der Waals surface area contributed by atoms with E-state index >= 15 is 0 Å². The second kappa shape index (κ2) is 6.77. The van der Waals surface area contributed by atoms with E-state index in [2.05, 4.69) is 59.1 Å². The molecule has 0 amide bonds. The molecular weight excluding hydrogens is 258 g/mol. The topological polar surface area (TPSA) is 55.6 Å². The van der Waals surface area contributed by atoms with Crippen LogP contribution in [0, 0.1) is 5.92 Å². The number of aromatic nitrogens is 4. The van der Waals surface area contributed by atoms with Crippen LogP contribution < -0.4 is 5.32 Å². The van der Waals surface area contributed by atoms with Gasteiger partial charge >= 0.3 is 0 Å². The van der Waals surface area contributed by atoms with Gasteiger partial charge in [-0.1, -0.05) is 26.8 Å². The second-order valence-corrected chi connectivity index (χ2v) is 5.98. The molecule has 0 saturated heterocycles. The molecule has 0 aliphatic carbocycles. The fourth-order valence-corrected chi connectivity index (χ4v) is 2.91. The Labute approximate surface area is 118 Å². The van der Waals surface area contributed by atoms with Crippen LogP contribution in [0.15, 0.2) is 17.5 Å². The van der Waals surface area contributed by atoms with E-state index in [4.69, 9.17) is 0 Å². The molecule has 0 aliphatic heterocycles. The smallest absolute Gasteiger partial charge is 0.165 e. The Morgan fingerprint density at radius 1 is 1.42 bits per heavy atom. The summed E-state index contributed by atoms with van der Waals surface area (Å²) in [4.78, 5) is 1.31. The zero-order valence-corrected chi connectivity index (χ0v) is 12.5. The minimum atomic E-state index is 0.242. The van der Waals surface area contributed by atoms with E-state index in [9.17, 15) is 0 Å². The van der Waals surface area contributed by atoms with Crippen LogP contribution in [-0.2, 0) is 6.54 Å². The largest absolute Gasteiger partial charge is 0.310 e. The zero-order valence-electron chi connectivity index (χ0n) is 11.7. The van der Waals surface area contributed by atoms with Crippen molar-refractivity contribution >= 4 is 11.3 Å². The van der Waals surface area contributed by atoms with Crippen molar-refractivity contribution in [2.75, 3.05) is 6.54 Å². The minimum absolute atomic E-state index is 0.242. The number of hydrogen-bond acceptors (Lipinski definition) is 5. The first-order valence-electron chi connectivity index (χ1n) is 6.73. The van der Waals surface area contributed by atoms with Gasteiger partial charge < -0.3 is 5.32 Å². The van der Waals surface area contributed by atoms with E-state index in [0.29, 0.717) is 12.5 Å². The van der Waals surface area contributed by atoms with Crippen molar-refractivity contribution in [3.05, 3.63) is 28.2 Å². The van der Waals surface area contributed by atoms with Gasteiger partial charge in [0.15, 0.2) is 5.82 Å². The number of tetrazole rings is 1. The van der Waals surface area contributed by atoms with E-state index in [-0.39, 0.29) is 6.04 Å². The molecule has 0 aliphatic rings. The van der Waals surface area contributed by atoms with Crippen LogP contribution >= 0.6 is 11.3 Å². The Morgan fingerprint density at radius 2 is 2.26 bits per heavy atom. The fraction of sp³-hybridized carbons (Fsp3) is 0.615. The summed E-state index contributed by atoms with van der Waals surface area (Å²) < 4.78 is 1.94. The molecule has 104 valence electrons. The van der Waals surface area contributed by atoms with Crippen molar-refractivity contribution in [1.29, 1.82) is 0 Å². The van der Waals surface area contributed by atoms with Gasteiger partial charge in [0.05, 0.1) is 12.6 Å². The molecule has 0 saturated carbocycles. The van der Waals surface area contributed by atoms with Gasteiger partial charge in [0.1, 0.15) is 0 Å². The molecule has 0 spiro atoms. The SMILES string of the molecule is CCC(c1cccs1)n1nnnc1CNCC(C)C. The molecule has 2 aromatic heterocycles. The maximum Gasteiger partial charge on any atom is 0.165 e. The summed E-state index contributed by atoms with van der Waals surface area (Å²) in [5.41, 5.74) is 0. The van der Waals surface area contributed by atoms with Gasteiger partial charge in [0.2, 0.25) is 0 Å². The highest BCUT2D eigenvalue weighted by molar-refractivity contribution is 7.10. The minimum Gasteiger partial charge on any atom is -0.310 e. The number of rotatable bonds is 7. The maximum atomic E-state index is 4.16. The first-order chi connectivity index (χ1) is 9.22. The molecule has 2 aromatic rings. The van der Waals surface area contributed by atoms with Gasteiger partial charge in [-0.15, -0.1) is 16.4 Å². The summed E-state index contributed by atoms with van der Waals surface area (Å²) in [5, 5.41) is 17.6. The fourth-order valence-electron chi connectivity index (χ4n) is 2.02. The Morgan fingerprint density at radius 3 is 2.89 bits per heavy atom. The Hall–Kier alpha value is -1.27. The van der Waals surface area contributed by atoms with E-state index < -0.39 is 0 Å². The van der Waals surface area contributed by atoms with Crippen molar-refractivity contribution in [2.24, 2.45) is 5.92 Å². The predicted molar refractivity (Wildman–Crippen MR) is 77.1 cm³/mol. The summed E-state index contributed by atoms with van der Waals surface area (Å²) in [6, 6.07) is 4.46. The first-order valence-corrected chi connectivity index (χ1v) is 7.61. The number of thiophene rings is 1. The molecule has 2 rings (SSSR count). The van der Waals surface area contributed by atoms with Crippen LogP contribution in [0.25, 0.3) is 0 Å². The average Bonchev–Trinajstić information content (AvgIpc) is 3.02. The lowest BCUT2D eigenvalue weighted by molar-refractivity contribution is 0.462. The van der Waals surface area contributed by atoms with Crippen LogP contribution in [0.1, 0.15) is 43.9 Å². The summed E-state index contributed by atoms with van der Waals surface area (Å²) in [6.45, 7) is 8.24. The summed E-state index contributed by atoms with van der Waals surface area (Å²) >= 11 is 1.75. The van der Waals surface area contributed by atoms with Gasteiger partial charge in [-0.05, 0) is 40.8 Å². The third-order valence-corrected chi connectivity index (χ3v) is 3.92. The van der Waals surface area contributed by atoms with Gasteiger partial charge in [-0.2, -0.15) is 0 Å². The zero-order chi connectivity index (χ0) is 13.7. The molecule has 1 unspecified atom stereocenters. The third-order valence-electron chi connectivity index (χ3n) is 2.95.